The summed E-state index contributed by atoms with van der Waals surface area (Å²) in [7, 11) is 0. The van der Waals surface area contributed by atoms with Gasteiger partial charge in [0.2, 0.25) is 0 Å². The first kappa shape index (κ1) is 16.5. The number of anilines is 1. The Morgan fingerprint density at radius 3 is 2.03 bits per heavy atom. The van der Waals surface area contributed by atoms with Crippen LogP contribution in [0.5, 0.6) is 0 Å². The molecule has 0 fully saturated rings. The lowest BCUT2D eigenvalue weighted by Gasteiger charge is -2.31. The zero-order chi connectivity index (χ0) is 20.0. The van der Waals surface area contributed by atoms with Crippen LogP contribution in [0.3, 0.4) is 0 Å². The summed E-state index contributed by atoms with van der Waals surface area (Å²) < 4.78 is 0. The number of benzene rings is 4. The van der Waals surface area contributed by atoms with Crippen LogP contribution >= 0.6 is 0 Å². The predicted octanol–water partition coefficient (Wildman–Crippen LogP) is 7.27. The van der Waals surface area contributed by atoms with Gasteiger partial charge in [-0.05, 0) is 44.5 Å². The molecule has 30 heavy (non-hydrogen) atoms. The minimum Gasteiger partial charge on any atom is -0.376 e. The van der Waals surface area contributed by atoms with E-state index in [1.807, 2.05) is 0 Å². The molecule has 0 amide bonds. The Hall–Kier alpha value is -3.32. The van der Waals surface area contributed by atoms with E-state index in [-0.39, 0.29) is 11.5 Å². The normalized spacial score (nSPS) is 20.9. The van der Waals surface area contributed by atoms with Crippen LogP contribution in [0.25, 0.3) is 22.3 Å². The van der Waals surface area contributed by atoms with Crippen molar-refractivity contribution < 1.29 is 0 Å². The topological polar surface area (TPSA) is 12.0 Å². The first-order valence-corrected chi connectivity index (χ1v) is 10.9. The molecule has 1 nitrogen and oxygen atoms in total. The number of rotatable bonds is 0. The van der Waals surface area contributed by atoms with Crippen molar-refractivity contribution in [3.05, 3.63) is 113 Å². The van der Waals surface area contributed by atoms with Crippen molar-refractivity contribution >= 4 is 5.69 Å². The molecule has 2 aliphatic carbocycles. The van der Waals surface area contributed by atoms with E-state index in [1.165, 1.54) is 55.8 Å². The van der Waals surface area contributed by atoms with E-state index in [0.717, 1.165) is 0 Å². The zero-order valence-corrected chi connectivity index (χ0v) is 17.2. The smallest absolute Gasteiger partial charge is 0.0630 e. The Labute approximate surface area is 177 Å². The van der Waals surface area contributed by atoms with Gasteiger partial charge >= 0.3 is 0 Å². The first-order valence-electron chi connectivity index (χ1n) is 10.9. The second-order valence-electron chi connectivity index (χ2n) is 9.40. The third-order valence-corrected chi connectivity index (χ3v) is 7.63. The van der Waals surface area contributed by atoms with Crippen LogP contribution in [-0.4, -0.2) is 0 Å². The molecule has 2 atom stereocenters. The number of fused-ring (bicyclic) bond motifs is 12. The minimum absolute atomic E-state index is 0.0339. The van der Waals surface area contributed by atoms with Gasteiger partial charge in [0, 0.05) is 22.6 Å². The maximum atomic E-state index is 4.01. The average molecular weight is 386 g/mol. The Morgan fingerprint density at radius 2 is 1.23 bits per heavy atom. The molecule has 0 saturated carbocycles. The van der Waals surface area contributed by atoms with E-state index in [1.54, 1.807) is 0 Å². The van der Waals surface area contributed by atoms with Crippen LogP contribution in [0.2, 0.25) is 0 Å². The fourth-order valence-electron chi connectivity index (χ4n) is 6.28. The molecular formula is C29H23N. The van der Waals surface area contributed by atoms with Gasteiger partial charge in [0.15, 0.2) is 0 Å². The van der Waals surface area contributed by atoms with Crippen molar-refractivity contribution in [1.82, 2.24) is 0 Å². The lowest BCUT2D eigenvalue weighted by molar-refractivity contribution is 0.660. The second kappa shape index (κ2) is 5.43. The highest BCUT2D eigenvalue weighted by atomic mass is 15.0. The van der Waals surface area contributed by atoms with Crippen molar-refractivity contribution in [2.75, 3.05) is 5.32 Å². The molecule has 0 spiro atoms. The van der Waals surface area contributed by atoms with Crippen LogP contribution in [0.15, 0.2) is 84.9 Å². The highest BCUT2D eigenvalue weighted by molar-refractivity contribution is 5.94. The van der Waals surface area contributed by atoms with Crippen molar-refractivity contribution in [1.29, 1.82) is 0 Å². The molecule has 0 radical (unpaired) electrons. The largest absolute Gasteiger partial charge is 0.376 e. The number of nitrogens with one attached hydrogen (secondary N) is 1. The van der Waals surface area contributed by atoms with Gasteiger partial charge in [-0.2, -0.15) is 0 Å². The molecule has 0 saturated heterocycles. The van der Waals surface area contributed by atoms with Crippen LogP contribution < -0.4 is 5.32 Å². The molecule has 0 aromatic heterocycles. The van der Waals surface area contributed by atoms with Gasteiger partial charge in [-0.1, -0.05) is 98.8 Å². The minimum atomic E-state index is 0.0339. The van der Waals surface area contributed by atoms with E-state index in [0.29, 0.717) is 5.92 Å². The fraction of sp³-hybridized carbons (Fsp3) is 0.172. The summed E-state index contributed by atoms with van der Waals surface area (Å²) in [5.41, 5.74) is 14.1. The quantitative estimate of drug-likeness (QED) is 0.335. The molecule has 1 N–H and O–H groups in total. The Kier molecular flexibility index (Phi) is 2.98. The van der Waals surface area contributed by atoms with Gasteiger partial charge in [0.05, 0.1) is 6.04 Å². The molecule has 4 aromatic rings. The van der Waals surface area contributed by atoms with E-state index < -0.39 is 0 Å². The molecule has 4 aromatic carbocycles. The lowest BCUT2D eigenvalue weighted by atomic mass is 9.74. The third kappa shape index (κ3) is 1.84. The average Bonchev–Trinajstić information content (AvgIpc) is 3.28. The second-order valence-corrected chi connectivity index (χ2v) is 9.40. The predicted molar refractivity (Wildman–Crippen MR) is 124 cm³/mol. The number of hydrogen-bond acceptors (Lipinski definition) is 1. The number of hydrogen-bond donors (Lipinski definition) is 1. The van der Waals surface area contributed by atoms with Crippen molar-refractivity contribution in [3.8, 4) is 22.3 Å². The van der Waals surface area contributed by atoms with Gasteiger partial charge < -0.3 is 5.32 Å². The first-order chi connectivity index (χ1) is 14.7. The van der Waals surface area contributed by atoms with Crippen molar-refractivity contribution in [2.45, 2.75) is 31.2 Å². The van der Waals surface area contributed by atoms with E-state index in [4.69, 9.17) is 0 Å². The van der Waals surface area contributed by atoms with Gasteiger partial charge in [-0.15, -0.1) is 0 Å². The fourth-order valence-corrected chi connectivity index (χ4v) is 6.28. The maximum Gasteiger partial charge on any atom is 0.0630 e. The monoisotopic (exact) mass is 385 g/mol. The van der Waals surface area contributed by atoms with Crippen LogP contribution in [0.1, 0.15) is 53.6 Å². The van der Waals surface area contributed by atoms with Crippen molar-refractivity contribution in [3.63, 3.8) is 0 Å². The molecule has 2 unspecified atom stereocenters. The van der Waals surface area contributed by atoms with Crippen LogP contribution in [0.4, 0.5) is 5.69 Å². The summed E-state index contributed by atoms with van der Waals surface area (Å²) in [5.74, 6) is 0.354. The summed E-state index contributed by atoms with van der Waals surface area (Å²) in [4.78, 5) is 0. The Morgan fingerprint density at radius 1 is 0.600 bits per heavy atom. The molecule has 144 valence electrons. The summed E-state index contributed by atoms with van der Waals surface area (Å²) in [6.45, 7) is 4.72. The Bertz CT molecular complexity index is 1360. The lowest BCUT2D eigenvalue weighted by Crippen LogP contribution is -2.18. The summed E-state index contributed by atoms with van der Waals surface area (Å²) in [6, 6.07) is 31.9. The van der Waals surface area contributed by atoms with Crippen LogP contribution in [0, 0.1) is 0 Å². The zero-order valence-electron chi connectivity index (χ0n) is 17.2. The molecule has 1 aliphatic heterocycles. The van der Waals surface area contributed by atoms with Crippen molar-refractivity contribution in [2.24, 2.45) is 0 Å². The molecule has 7 rings (SSSR count). The van der Waals surface area contributed by atoms with Gasteiger partial charge in [-0.3, -0.25) is 0 Å². The molecule has 1 heterocycles. The molecule has 0 bridgehead atoms. The molecule has 3 aliphatic rings. The molecule has 1 heteroatoms. The maximum absolute atomic E-state index is 4.01. The summed E-state index contributed by atoms with van der Waals surface area (Å²) >= 11 is 0. The Balaban J connectivity index is 1.54. The SMILES string of the molecule is CC1(C)c2ccccc2-c2c1ccc1c2NC2c3ccccc3-c3ccccc3C12. The molecular weight excluding hydrogens is 362 g/mol. The van der Waals surface area contributed by atoms with E-state index in [9.17, 15) is 0 Å². The van der Waals surface area contributed by atoms with Crippen LogP contribution in [-0.2, 0) is 5.41 Å². The van der Waals surface area contributed by atoms with E-state index >= 15 is 0 Å². The van der Waals surface area contributed by atoms with Gasteiger partial charge in [0.25, 0.3) is 0 Å². The summed E-state index contributed by atoms with van der Waals surface area (Å²) in [6.07, 6.45) is 0. The summed E-state index contributed by atoms with van der Waals surface area (Å²) in [5, 5.41) is 4.01. The third-order valence-electron chi connectivity index (χ3n) is 7.63. The van der Waals surface area contributed by atoms with Gasteiger partial charge in [-0.25, -0.2) is 0 Å². The van der Waals surface area contributed by atoms with Gasteiger partial charge in [0.1, 0.15) is 0 Å². The standard InChI is InChI=1S/C29H23N/c1-29(2)23-14-8-7-13-21(23)26-24(29)16-15-22-25-19-11-5-3-9-17(19)18-10-4-6-12-20(18)27(25)30-28(22)26/h3-16,25,27,30H,1-2H3. The highest BCUT2D eigenvalue weighted by Gasteiger charge is 2.45. The highest BCUT2D eigenvalue weighted by Crippen LogP contribution is 2.60. The van der Waals surface area contributed by atoms with E-state index in [2.05, 4.69) is 104 Å².